The molecule has 0 aliphatic carbocycles. The Balaban J connectivity index is 2.12. The molecule has 0 radical (unpaired) electrons. The van der Waals surface area contributed by atoms with E-state index in [4.69, 9.17) is 11.6 Å². The average molecular weight is 254 g/mol. The van der Waals surface area contributed by atoms with Crippen molar-refractivity contribution in [2.24, 2.45) is 0 Å². The number of thiophene rings is 1. The van der Waals surface area contributed by atoms with Gasteiger partial charge in [-0.1, -0.05) is 11.6 Å². The Morgan fingerprint density at radius 3 is 2.81 bits per heavy atom. The predicted octanol–water partition coefficient (Wildman–Crippen LogP) is 2.69. The smallest absolute Gasteiger partial charge is 0.0931 e. The number of aromatic nitrogens is 2. The van der Waals surface area contributed by atoms with Crippen LogP contribution in [0.5, 0.6) is 0 Å². The van der Waals surface area contributed by atoms with Crippen molar-refractivity contribution in [2.45, 2.75) is 12.5 Å². The number of nitrogens with zero attached hydrogens (tertiary/aromatic N) is 2. The van der Waals surface area contributed by atoms with E-state index in [0.29, 0.717) is 0 Å². The Morgan fingerprint density at radius 2 is 2.25 bits per heavy atom. The first-order chi connectivity index (χ1) is 7.79. The lowest BCUT2D eigenvalue weighted by atomic mass is 10.1. The molecule has 0 spiro atoms. The first-order valence-electron chi connectivity index (χ1n) is 4.97. The Kier molecular flexibility index (Phi) is 3.88. The standard InChI is InChI=1S/C11H12ClN3S/c1-13-10(8-4-5-14-15-7-8)6-9-2-3-11(12)16-9/h2-5,7,10,13H,6H2,1H3. The largest absolute Gasteiger partial charge is 0.313 e. The molecule has 0 aliphatic heterocycles. The third-order valence-electron chi connectivity index (χ3n) is 2.39. The molecule has 1 atom stereocenters. The van der Waals surface area contributed by atoms with E-state index in [9.17, 15) is 0 Å². The van der Waals surface area contributed by atoms with Gasteiger partial charge in [-0.3, -0.25) is 0 Å². The van der Waals surface area contributed by atoms with Crippen LogP contribution in [0.4, 0.5) is 0 Å². The molecule has 0 aromatic carbocycles. The Bertz CT molecular complexity index is 444. The fraction of sp³-hybridized carbons (Fsp3) is 0.273. The minimum absolute atomic E-state index is 0.255. The molecule has 0 fully saturated rings. The summed E-state index contributed by atoms with van der Waals surface area (Å²) in [4.78, 5) is 1.26. The molecule has 2 aromatic heterocycles. The molecule has 0 saturated heterocycles. The van der Waals surface area contributed by atoms with E-state index >= 15 is 0 Å². The second-order valence-corrected chi connectivity index (χ2v) is 5.23. The molecule has 0 saturated carbocycles. The van der Waals surface area contributed by atoms with Gasteiger partial charge in [0.15, 0.2) is 0 Å². The van der Waals surface area contributed by atoms with Crippen LogP contribution in [-0.4, -0.2) is 17.2 Å². The first-order valence-corrected chi connectivity index (χ1v) is 6.17. The fourth-order valence-corrected chi connectivity index (χ4v) is 2.69. The lowest BCUT2D eigenvalue weighted by Crippen LogP contribution is -2.18. The van der Waals surface area contributed by atoms with Gasteiger partial charge in [0.2, 0.25) is 0 Å². The van der Waals surface area contributed by atoms with Gasteiger partial charge in [0.05, 0.1) is 10.5 Å². The van der Waals surface area contributed by atoms with Gasteiger partial charge in [-0.05, 0) is 30.8 Å². The van der Waals surface area contributed by atoms with Gasteiger partial charge in [-0.2, -0.15) is 10.2 Å². The lowest BCUT2D eigenvalue weighted by Gasteiger charge is -2.14. The van der Waals surface area contributed by atoms with Crippen molar-refractivity contribution in [1.82, 2.24) is 15.5 Å². The average Bonchev–Trinajstić information content (AvgIpc) is 2.73. The first kappa shape index (κ1) is 11.5. The van der Waals surface area contributed by atoms with Crippen molar-refractivity contribution >= 4 is 22.9 Å². The minimum atomic E-state index is 0.255. The summed E-state index contributed by atoms with van der Waals surface area (Å²) in [6, 6.07) is 6.22. The molecule has 1 unspecified atom stereocenters. The van der Waals surface area contributed by atoms with E-state index in [1.54, 1.807) is 23.7 Å². The van der Waals surface area contributed by atoms with Gasteiger partial charge in [0, 0.05) is 23.5 Å². The maximum absolute atomic E-state index is 5.91. The molecule has 5 heteroatoms. The summed E-state index contributed by atoms with van der Waals surface area (Å²) in [5.41, 5.74) is 1.14. The summed E-state index contributed by atoms with van der Waals surface area (Å²) in [6.07, 6.45) is 4.41. The summed E-state index contributed by atoms with van der Waals surface area (Å²) in [5.74, 6) is 0. The van der Waals surface area contributed by atoms with Crippen LogP contribution in [0.3, 0.4) is 0 Å². The van der Waals surface area contributed by atoms with Crippen molar-refractivity contribution in [3.05, 3.63) is 45.4 Å². The van der Waals surface area contributed by atoms with Crippen LogP contribution in [0.15, 0.2) is 30.6 Å². The van der Waals surface area contributed by atoms with Crippen LogP contribution in [0.2, 0.25) is 4.34 Å². The molecular formula is C11H12ClN3S. The number of hydrogen-bond donors (Lipinski definition) is 1. The highest BCUT2D eigenvalue weighted by atomic mass is 35.5. The van der Waals surface area contributed by atoms with Crippen molar-refractivity contribution in [3.8, 4) is 0 Å². The van der Waals surface area contributed by atoms with Gasteiger partial charge >= 0.3 is 0 Å². The molecule has 16 heavy (non-hydrogen) atoms. The minimum Gasteiger partial charge on any atom is -0.313 e. The number of hydrogen-bond acceptors (Lipinski definition) is 4. The third-order valence-corrected chi connectivity index (χ3v) is 3.65. The fourth-order valence-electron chi connectivity index (χ4n) is 1.56. The molecule has 2 heterocycles. The van der Waals surface area contributed by atoms with Crippen molar-refractivity contribution in [3.63, 3.8) is 0 Å². The molecule has 0 aliphatic rings. The van der Waals surface area contributed by atoms with Gasteiger partial charge in [0.25, 0.3) is 0 Å². The maximum atomic E-state index is 5.91. The summed E-state index contributed by atoms with van der Waals surface area (Å²) in [5, 5.41) is 10.9. The topological polar surface area (TPSA) is 37.8 Å². The number of nitrogens with one attached hydrogen (secondary N) is 1. The number of halogens is 1. The van der Waals surface area contributed by atoms with E-state index in [2.05, 4.69) is 21.6 Å². The number of rotatable bonds is 4. The van der Waals surface area contributed by atoms with Gasteiger partial charge in [-0.25, -0.2) is 0 Å². The quantitative estimate of drug-likeness (QED) is 0.911. The molecule has 2 rings (SSSR count). The highest BCUT2D eigenvalue weighted by Crippen LogP contribution is 2.26. The van der Waals surface area contributed by atoms with E-state index in [1.807, 2.05) is 19.2 Å². The van der Waals surface area contributed by atoms with Crippen LogP contribution in [0.1, 0.15) is 16.5 Å². The zero-order valence-electron chi connectivity index (χ0n) is 8.85. The summed E-state index contributed by atoms with van der Waals surface area (Å²) in [6.45, 7) is 0. The molecular weight excluding hydrogens is 242 g/mol. The summed E-state index contributed by atoms with van der Waals surface area (Å²) in [7, 11) is 1.94. The van der Waals surface area contributed by atoms with Crippen LogP contribution in [0, 0.1) is 0 Å². The highest BCUT2D eigenvalue weighted by molar-refractivity contribution is 7.16. The highest BCUT2D eigenvalue weighted by Gasteiger charge is 2.11. The molecule has 1 N–H and O–H groups in total. The Labute approximate surface area is 103 Å². The molecule has 0 bridgehead atoms. The summed E-state index contributed by atoms with van der Waals surface area (Å²) >= 11 is 7.52. The van der Waals surface area contributed by atoms with E-state index in [-0.39, 0.29) is 6.04 Å². The normalized spacial score (nSPS) is 12.6. The third kappa shape index (κ3) is 2.78. The zero-order chi connectivity index (χ0) is 11.4. The second kappa shape index (κ2) is 5.39. The van der Waals surface area contributed by atoms with Gasteiger partial charge < -0.3 is 5.32 Å². The summed E-state index contributed by atoms with van der Waals surface area (Å²) < 4.78 is 0.831. The zero-order valence-corrected chi connectivity index (χ0v) is 10.4. The van der Waals surface area contributed by atoms with E-state index in [0.717, 1.165) is 16.3 Å². The van der Waals surface area contributed by atoms with Crippen molar-refractivity contribution in [2.75, 3.05) is 7.05 Å². The van der Waals surface area contributed by atoms with Crippen LogP contribution in [0.25, 0.3) is 0 Å². The van der Waals surface area contributed by atoms with Gasteiger partial charge in [0.1, 0.15) is 0 Å². The van der Waals surface area contributed by atoms with E-state index in [1.165, 1.54) is 4.88 Å². The predicted molar refractivity (Wildman–Crippen MR) is 66.9 cm³/mol. The van der Waals surface area contributed by atoms with Crippen molar-refractivity contribution < 1.29 is 0 Å². The lowest BCUT2D eigenvalue weighted by molar-refractivity contribution is 0.592. The maximum Gasteiger partial charge on any atom is 0.0931 e. The van der Waals surface area contributed by atoms with Crippen LogP contribution < -0.4 is 5.32 Å². The van der Waals surface area contributed by atoms with Crippen LogP contribution in [-0.2, 0) is 6.42 Å². The molecule has 3 nitrogen and oxygen atoms in total. The second-order valence-electron chi connectivity index (χ2n) is 3.43. The van der Waals surface area contributed by atoms with Crippen LogP contribution >= 0.6 is 22.9 Å². The molecule has 0 amide bonds. The van der Waals surface area contributed by atoms with Gasteiger partial charge in [-0.15, -0.1) is 11.3 Å². The Hall–Kier alpha value is -0.970. The van der Waals surface area contributed by atoms with Crippen molar-refractivity contribution in [1.29, 1.82) is 0 Å². The van der Waals surface area contributed by atoms with E-state index < -0.39 is 0 Å². The Morgan fingerprint density at radius 1 is 1.38 bits per heavy atom. The molecule has 2 aromatic rings. The number of likely N-dealkylation sites (N-methyl/N-ethyl adjacent to an activating group) is 1. The monoisotopic (exact) mass is 253 g/mol. The molecule has 84 valence electrons. The SMILES string of the molecule is CNC(Cc1ccc(Cl)s1)c1ccnnc1.